The van der Waals surface area contributed by atoms with Crippen LogP contribution in [0.25, 0.3) is 10.9 Å². The van der Waals surface area contributed by atoms with Crippen molar-refractivity contribution in [3.05, 3.63) is 64.8 Å². The first-order valence-corrected chi connectivity index (χ1v) is 13.0. The number of hydrogen-bond acceptors (Lipinski definition) is 5. The van der Waals surface area contributed by atoms with E-state index in [0.29, 0.717) is 44.2 Å². The van der Waals surface area contributed by atoms with E-state index in [1.54, 1.807) is 24.3 Å². The number of aromatic nitrogens is 1. The van der Waals surface area contributed by atoms with Crippen molar-refractivity contribution in [1.82, 2.24) is 19.5 Å². The fourth-order valence-corrected chi connectivity index (χ4v) is 5.54. The molecule has 1 aromatic heterocycles. The van der Waals surface area contributed by atoms with Gasteiger partial charge in [0.2, 0.25) is 10.0 Å². The number of hydrogen-bond donors (Lipinski definition) is 2. The molecule has 4 rings (SSSR count). The molecule has 0 radical (unpaired) electrons. The Morgan fingerprint density at radius 1 is 1.06 bits per heavy atom. The van der Waals surface area contributed by atoms with Gasteiger partial charge in [-0.2, -0.15) is 4.31 Å². The first kappa shape index (κ1) is 23.6. The Kier molecular flexibility index (Phi) is 7.28. The molecule has 0 saturated carbocycles. The number of benzene rings is 2. The van der Waals surface area contributed by atoms with Crippen LogP contribution in [0, 0.1) is 6.92 Å². The molecule has 2 amide bonds. The molecule has 33 heavy (non-hydrogen) atoms. The van der Waals surface area contributed by atoms with Gasteiger partial charge in [0.15, 0.2) is 0 Å². The number of rotatable bonds is 6. The summed E-state index contributed by atoms with van der Waals surface area (Å²) in [6.45, 7) is 5.09. The van der Waals surface area contributed by atoms with E-state index in [0.717, 1.165) is 26.8 Å². The van der Waals surface area contributed by atoms with E-state index in [-0.39, 0.29) is 6.03 Å². The maximum Gasteiger partial charge on any atom is 0.319 e. The van der Waals surface area contributed by atoms with Crippen LogP contribution in [0.1, 0.15) is 5.69 Å². The molecule has 0 bridgehead atoms. The lowest BCUT2D eigenvalue weighted by Crippen LogP contribution is -2.50. The molecule has 2 heterocycles. The largest absolute Gasteiger partial charge is 0.337 e. The summed E-state index contributed by atoms with van der Waals surface area (Å²) in [4.78, 5) is 19.4. The minimum Gasteiger partial charge on any atom is -0.337 e. The normalized spacial score (nSPS) is 15.5. The van der Waals surface area contributed by atoms with E-state index in [4.69, 9.17) is 0 Å². The lowest BCUT2D eigenvalue weighted by molar-refractivity contribution is 0.189. The Hall–Kier alpha value is -2.53. The number of halogens is 1. The third kappa shape index (κ3) is 5.70. The molecule has 8 nitrogen and oxygen atoms in total. The van der Waals surface area contributed by atoms with Crippen molar-refractivity contribution >= 4 is 48.6 Å². The Labute approximate surface area is 202 Å². The lowest BCUT2D eigenvalue weighted by Gasteiger charge is -2.34. The highest BCUT2D eigenvalue weighted by Gasteiger charge is 2.28. The van der Waals surface area contributed by atoms with E-state index in [9.17, 15) is 13.2 Å². The number of sulfonamides is 1. The molecular weight excluding hydrogens is 506 g/mol. The molecule has 1 fully saturated rings. The molecule has 1 saturated heterocycles. The van der Waals surface area contributed by atoms with E-state index < -0.39 is 10.0 Å². The number of urea groups is 1. The number of para-hydroxylation sites is 1. The first-order chi connectivity index (χ1) is 15.8. The minimum atomic E-state index is -3.49. The van der Waals surface area contributed by atoms with Crippen molar-refractivity contribution in [3.8, 4) is 0 Å². The topological polar surface area (TPSA) is 94.6 Å². The van der Waals surface area contributed by atoms with E-state index in [1.165, 1.54) is 4.31 Å². The van der Waals surface area contributed by atoms with Gasteiger partial charge in [-0.15, -0.1) is 0 Å². The van der Waals surface area contributed by atoms with Gasteiger partial charge in [0, 0.05) is 54.8 Å². The molecule has 174 valence electrons. The zero-order chi connectivity index (χ0) is 23.4. The van der Waals surface area contributed by atoms with Crippen molar-refractivity contribution in [2.45, 2.75) is 11.8 Å². The summed E-state index contributed by atoms with van der Waals surface area (Å²) >= 11 is 3.33. The second kappa shape index (κ2) is 10.2. The zero-order valence-corrected chi connectivity index (χ0v) is 20.7. The zero-order valence-electron chi connectivity index (χ0n) is 18.3. The third-order valence-corrected chi connectivity index (χ3v) is 8.03. The summed E-state index contributed by atoms with van der Waals surface area (Å²) in [7, 11) is -3.49. The molecule has 2 N–H and O–H groups in total. The number of anilines is 1. The van der Waals surface area contributed by atoms with Crippen LogP contribution in [0.5, 0.6) is 0 Å². The Bertz CT molecular complexity index is 1240. The van der Waals surface area contributed by atoms with Gasteiger partial charge in [-0.1, -0.05) is 34.1 Å². The predicted octanol–water partition coefficient (Wildman–Crippen LogP) is 3.43. The van der Waals surface area contributed by atoms with Gasteiger partial charge in [0.05, 0.1) is 16.1 Å². The highest BCUT2D eigenvalue weighted by Crippen LogP contribution is 2.23. The van der Waals surface area contributed by atoms with Gasteiger partial charge in [-0.05, 0) is 43.3 Å². The van der Waals surface area contributed by atoms with Crippen LogP contribution in [0.3, 0.4) is 0 Å². The standard InChI is InChI=1S/C23H26BrN5O3S/c1-17-16-22(20-4-2-3-5-21(20)26-17)27-23(30)25-10-11-28-12-14-29(15-13-28)33(31,32)19-8-6-18(24)7-9-19/h2-9,16H,10-15H2,1H3,(H2,25,26,27,30). The molecule has 1 aliphatic rings. The van der Waals surface area contributed by atoms with Crippen LogP contribution >= 0.6 is 15.9 Å². The highest BCUT2D eigenvalue weighted by molar-refractivity contribution is 9.10. The second-order valence-electron chi connectivity index (χ2n) is 7.91. The Balaban J connectivity index is 1.25. The molecule has 0 spiro atoms. The average molecular weight is 532 g/mol. The Morgan fingerprint density at radius 3 is 2.48 bits per heavy atom. The number of fused-ring (bicyclic) bond motifs is 1. The van der Waals surface area contributed by atoms with Crippen molar-refractivity contribution in [3.63, 3.8) is 0 Å². The third-order valence-electron chi connectivity index (χ3n) is 5.59. The number of piperazine rings is 1. The molecule has 10 heteroatoms. The Morgan fingerprint density at radius 2 is 1.76 bits per heavy atom. The number of pyridine rings is 1. The lowest BCUT2D eigenvalue weighted by atomic mass is 10.1. The van der Waals surface area contributed by atoms with E-state index >= 15 is 0 Å². The fourth-order valence-electron chi connectivity index (χ4n) is 3.85. The predicted molar refractivity (Wildman–Crippen MR) is 133 cm³/mol. The maximum absolute atomic E-state index is 12.8. The van der Waals surface area contributed by atoms with Gasteiger partial charge in [0.25, 0.3) is 0 Å². The van der Waals surface area contributed by atoms with E-state index in [2.05, 4.69) is 36.4 Å². The van der Waals surface area contributed by atoms with Gasteiger partial charge < -0.3 is 10.6 Å². The molecule has 3 aromatic rings. The van der Waals surface area contributed by atoms with Crippen LogP contribution in [0.15, 0.2) is 64.0 Å². The van der Waals surface area contributed by atoms with Crippen molar-refractivity contribution in [1.29, 1.82) is 0 Å². The maximum atomic E-state index is 12.8. The number of nitrogens with one attached hydrogen (secondary N) is 2. The molecule has 0 aliphatic carbocycles. The first-order valence-electron chi connectivity index (χ1n) is 10.7. The van der Waals surface area contributed by atoms with Crippen LogP contribution in [0.4, 0.5) is 10.5 Å². The van der Waals surface area contributed by atoms with Gasteiger partial charge in [0.1, 0.15) is 0 Å². The van der Waals surface area contributed by atoms with Crippen LogP contribution in [0.2, 0.25) is 0 Å². The summed E-state index contributed by atoms with van der Waals surface area (Å²) < 4.78 is 28.0. The smallest absolute Gasteiger partial charge is 0.319 e. The fraction of sp³-hybridized carbons (Fsp3) is 0.304. The van der Waals surface area contributed by atoms with Gasteiger partial charge in [-0.3, -0.25) is 9.88 Å². The molecule has 2 aromatic carbocycles. The van der Waals surface area contributed by atoms with E-state index in [1.807, 2.05) is 37.3 Å². The number of amides is 2. The van der Waals surface area contributed by atoms with Crippen LogP contribution in [-0.2, 0) is 10.0 Å². The quantitative estimate of drug-likeness (QED) is 0.508. The van der Waals surface area contributed by atoms with Crippen molar-refractivity contribution in [2.75, 3.05) is 44.6 Å². The number of nitrogens with zero attached hydrogens (tertiary/aromatic N) is 3. The molecular formula is C23H26BrN5O3S. The molecule has 0 unspecified atom stereocenters. The highest BCUT2D eigenvalue weighted by atomic mass is 79.9. The van der Waals surface area contributed by atoms with Crippen molar-refractivity contribution in [2.24, 2.45) is 0 Å². The summed E-state index contributed by atoms with van der Waals surface area (Å²) in [6, 6.07) is 16.0. The summed E-state index contributed by atoms with van der Waals surface area (Å²) in [5.74, 6) is 0. The monoisotopic (exact) mass is 531 g/mol. The van der Waals surface area contributed by atoms with Crippen LogP contribution in [-0.4, -0.2) is 67.9 Å². The van der Waals surface area contributed by atoms with Gasteiger partial charge in [-0.25, -0.2) is 13.2 Å². The minimum absolute atomic E-state index is 0.276. The molecule has 1 aliphatic heterocycles. The SMILES string of the molecule is Cc1cc(NC(=O)NCCN2CCN(S(=O)(=O)c3ccc(Br)cc3)CC2)c2ccccc2n1. The van der Waals surface area contributed by atoms with Crippen LogP contribution < -0.4 is 10.6 Å². The average Bonchev–Trinajstić information content (AvgIpc) is 2.79. The number of aryl methyl sites for hydroxylation is 1. The summed E-state index contributed by atoms with van der Waals surface area (Å²) in [6.07, 6.45) is 0. The molecule has 0 atom stereocenters. The van der Waals surface area contributed by atoms with Gasteiger partial charge >= 0.3 is 6.03 Å². The number of carbonyl (C=O) groups is 1. The summed E-state index contributed by atoms with van der Waals surface area (Å²) in [5.41, 5.74) is 2.39. The number of carbonyl (C=O) groups excluding carboxylic acids is 1. The summed E-state index contributed by atoms with van der Waals surface area (Å²) in [5, 5.41) is 6.69. The second-order valence-corrected chi connectivity index (χ2v) is 10.8. The van der Waals surface area contributed by atoms with Crippen molar-refractivity contribution < 1.29 is 13.2 Å².